The Kier molecular flexibility index (Phi) is 7.95. The summed E-state index contributed by atoms with van der Waals surface area (Å²) in [6.45, 7) is 10.9. The van der Waals surface area contributed by atoms with Crippen LogP contribution in [0.2, 0.25) is 0 Å². The van der Waals surface area contributed by atoms with Crippen LogP contribution in [0.25, 0.3) is 0 Å². The highest BCUT2D eigenvalue weighted by Gasteiger charge is 2.34. The molecule has 182 valence electrons. The lowest BCUT2D eigenvalue weighted by Crippen LogP contribution is -2.42. The van der Waals surface area contributed by atoms with E-state index in [9.17, 15) is 4.79 Å². The van der Waals surface area contributed by atoms with Gasteiger partial charge in [0.05, 0.1) is 11.1 Å². The zero-order chi connectivity index (χ0) is 23.4. The number of hydrogen-bond acceptors (Lipinski definition) is 6. The molecule has 8 heteroatoms. The van der Waals surface area contributed by atoms with Gasteiger partial charge in [0.15, 0.2) is 0 Å². The number of rotatable bonds is 6. The van der Waals surface area contributed by atoms with Crippen molar-refractivity contribution in [1.82, 2.24) is 14.9 Å². The Morgan fingerprint density at radius 3 is 2.27 bits per heavy atom. The zero-order valence-electron chi connectivity index (χ0n) is 20.1. The van der Waals surface area contributed by atoms with Gasteiger partial charge in [-0.1, -0.05) is 12.2 Å². The number of nitrogens with zero attached hydrogens (tertiary/aromatic N) is 4. The SMILES string of the molecule is CC(C)(C)OC(=O)N1CCC(COCC2C=CC2C2CCN(c3ncc(Br)cn3)CC2)CC1. The number of likely N-dealkylation sites (tertiary alicyclic amines) is 1. The molecule has 4 rings (SSSR count). The van der Waals surface area contributed by atoms with E-state index < -0.39 is 5.60 Å². The summed E-state index contributed by atoms with van der Waals surface area (Å²) in [6.07, 6.45) is 12.5. The van der Waals surface area contributed by atoms with Crippen LogP contribution in [0.1, 0.15) is 46.5 Å². The van der Waals surface area contributed by atoms with Gasteiger partial charge in [-0.05, 0) is 80.1 Å². The molecule has 1 aromatic rings. The summed E-state index contributed by atoms with van der Waals surface area (Å²) >= 11 is 3.40. The molecule has 0 aromatic carbocycles. The van der Waals surface area contributed by atoms with Crippen molar-refractivity contribution < 1.29 is 14.3 Å². The predicted octanol–water partition coefficient (Wildman–Crippen LogP) is 4.92. The Bertz CT molecular complexity index is 810. The predicted molar refractivity (Wildman–Crippen MR) is 132 cm³/mol. The Morgan fingerprint density at radius 2 is 1.70 bits per heavy atom. The van der Waals surface area contributed by atoms with Gasteiger partial charge in [-0.15, -0.1) is 0 Å². The van der Waals surface area contributed by atoms with Crippen molar-refractivity contribution in [3.63, 3.8) is 0 Å². The Balaban J connectivity index is 1.13. The third kappa shape index (κ3) is 6.69. The third-order valence-electron chi connectivity index (χ3n) is 6.98. The second-order valence-electron chi connectivity index (χ2n) is 10.6. The van der Waals surface area contributed by atoms with E-state index >= 15 is 0 Å². The number of amides is 1. The minimum absolute atomic E-state index is 0.193. The second-order valence-corrected chi connectivity index (χ2v) is 11.5. The van der Waals surface area contributed by atoms with Crippen LogP contribution in [0.5, 0.6) is 0 Å². The van der Waals surface area contributed by atoms with Crippen LogP contribution in [0.4, 0.5) is 10.7 Å². The third-order valence-corrected chi connectivity index (χ3v) is 7.39. The van der Waals surface area contributed by atoms with Crippen LogP contribution in [0, 0.1) is 23.7 Å². The first-order valence-electron chi connectivity index (χ1n) is 12.2. The maximum absolute atomic E-state index is 12.2. The normalized spacial score (nSPS) is 24.6. The van der Waals surface area contributed by atoms with Crippen molar-refractivity contribution in [3.05, 3.63) is 29.0 Å². The molecule has 2 unspecified atom stereocenters. The second kappa shape index (κ2) is 10.7. The van der Waals surface area contributed by atoms with Crippen molar-refractivity contribution in [2.24, 2.45) is 23.7 Å². The van der Waals surface area contributed by atoms with Gasteiger partial charge in [0, 0.05) is 51.1 Å². The van der Waals surface area contributed by atoms with E-state index in [0.29, 0.717) is 23.7 Å². The Morgan fingerprint density at radius 1 is 1.03 bits per heavy atom. The number of piperidine rings is 2. The molecule has 2 aliphatic heterocycles. The molecule has 1 amide bonds. The fraction of sp³-hybridized carbons (Fsp3) is 0.720. The molecule has 2 saturated heterocycles. The van der Waals surface area contributed by atoms with E-state index in [1.807, 2.05) is 38.1 Å². The Labute approximate surface area is 206 Å². The smallest absolute Gasteiger partial charge is 0.410 e. The monoisotopic (exact) mass is 520 g/mol. The highest BCUT2D eigenvalue weighted by atomic mass is 79.9. The minimum atomic E-state index is -0.437. The number of ether oxygens (including phenoxy) is 2. The van der Waals surface area contributed by atoms with Crippen molar-refractivity contribution in [2.75, 3.05) is 44.3 Å². The van der Waals surface area contributed by atoms with Gasteiger partial charge in [-0.2, -0.15) is 0 Å². The lowest BCUT2D eigenvalue weighted by molar-refractivity contribution is 0.00745. The number of carbonyl (C=O) groups is 1. The largest absolute Gasteiger partial charge is 0.444 e. The maximum atomic E-state index is 12.2. The highest BCUT2D eigenvalue weighted by Crippen LogP contribution is 2.38. The van der Waals surface area contributed by atoms with Crippen LogP contribution in [-0.4, -0.2) is 66.0 Å². The number of hydrogen-bond donors (Lipinski definition) is 0. The van der Waals surface area contributed by atoms with Crippen LogP contribution >= 0.6 is 15.9 Å². The number of allylic oxidation sites excluding steroid dienone is 1. The van der Waals surface area contributed by atoms with Crippen LogP contribution < -0.4 is 4.90 Å². The summed E-state index contributed by atoms with van der Waals surface area (Å²) in [7, 11) is 0. The quantitative estimate of drug-likeness (QED) is 0.495. The van der Waals surface area contributed by atoms with Crippen LogP contribution in [0.15, 0.2) is 29.0 Å². The van der Waals surface area contributed by atoms with E-state index in [4.69, 9.17) is 9.47 Å². The maximum Gasteiger partial charge on any atom is 0.410 e. The number of carbonyl (C=O) groups excluding carboxylic acids is 1. The standard InChI is InChI=1S/C25H37BrN4O3/c1-25(2,3)33-24(31)30-10-6-18(7-11-30)16-32-17-20-4-5-22(20)19-8-12-29(13-9-19)23-27-14-21(26)15-28-23/h4-5,14-15,18-20,22H,6-13,16-17H2,1-3H3. The van der Waals surface area contributed by atoms with Crippen molar-refractivity contribution >= 4 is 28.0 Å². The van der Waals surface area contributed by atoms with Gasteiger partial charge >= 0.3 is 6.09 Å². The minimum Gasteiger partial charge on any atom is -0.444 e. The number of aromatic nitrogens is 2. The lowest BCUT2D eigenvalue weighted by Gasteiger charge is -2.41. The fourth-order valence-corrected chi connectivity index (χ4v) is 5.21. The zero-order valence-corrected chi connectivity index (χ0v) is 21.7. The molecule has 2 fully saturated rings. The molecular formula is C25H37BrN4O3. The van der Waals surface area contributed by atoms with Gasteiger partial charge in [0.1, 0.15) is 5.60 Å². The highest BCUT2D eigenvalue weighted by molar-refractivity contribution is 9.10. The molecule has 1 aromatic heterocycles. The van der Waals surface area contributed by atoms with E-state index in [-0.39, 0.29) is 6.09 Å². The molecule has 2 atom stereocenters. The van der Waals surface area contributed by atoms with E-state index in [0.717, 1.165) is 62.7 Å². The molecule has 7 nitrogen and oxygen atoms in total. The Hall–Kier alpha value is -1.67. The van der Waals surface area contributed by atoms with Crippen molar-refractivity contribution in [3.8, 4) is 0 Å². The molecule has 0 radical (unpaired) electrons. The molecule has 0 bridgehead atoms. The van der Waals surface area contributed by atoms with E-state index in [1.54, 1.807) is 0 Å². The molecule has 3 heterocycles. The summed E-state index contributed by atoms with van der Waals surface area (Å²) < 4.78 is 12.6. The first kappa shape index (κ1) is 24.5. The summed E-state index contributed by atoms with van der Waals surface area (Å²) in [5.74, 6) is 3.24. The first-order chi connectivity index (χ1) is 15.8. The lowest BCUT2D eigenvalue weighted by atomic mass is 9.71. The van der Waals surface area contributed by atoms with Gasteiger partial charge in [0.25, 0.3) is 0 Å². The fourth-order valence-electron chi connectivity index (χ4n) is 5.00. The summed E-state index contributed by atoms with van der Waals surface area (Å²) in [6, 6.07) is 0. The van der Waals surface area contributed by atoms with Gasteiger partial charge in [-0.25, -0.2) is 14.8 Å². The molecule has 1 aliphatic carbocycles. The average Bonchev–Trinajstić information content (AvgIpc) is 2.76. The summed E-state index contributed by atoms with van der Waals surface area (Å²) in [5.41, 5.74) is -0.437. The number of halogens is 1. The van der Waals surface area contributed by atoms with Gasteiger partial charge in [0.2, 0.25) is 5.95 Å². The van der Waals surface area contributed by atoms with Crippen molar-refractivity contribution in [2.45, 2.75) is 52.1 Å². The molecular weight excluding hydrogens is 484 g/mol. The molecule has 0 saturated carbocycles. The molecule has 33 heavy (non-hydrogen) atoms. The molecule has 0 spiro atoms. The topological polar surface area (TPSA) is 67.8 Å². The average molecular weight is 522 g/mol. The van der Waals surface area contributed by atoms with Crippen molar-refractivity contribution in [1.29, 1.82) is 0 Å². The van der Waals surface area contributed by atoms with Gasteiger partial charge < -0.3 is 19.3 Å². The van der Waals surface area contributed by atoms with Gasteiger partial charge in [-0.3, -0.25) is 0 Å². The summed E-state index contributed by atoms with van der Waals surface area (Å²) in [4.78, 5) is 25.2. The molecule has 0 N–H and O–H groups in total. The van der Waals surface area contributed by atoms with E-state index in [2.05, 4.69) is 42.9 Å². The first-order valence-corrected chi connectivity index (χ1v) is 13.0. The van der Waals surface area contributed by atoms with Crippen LogP contribution in [0.3, 0.4) is 0 Å². The van der Waals surface area contributed by atoms with Crippen LogP contribution in [-0.2, 0) is 9.47 Å². The number of anilines is 1. The van der Waals surface area contributed by atoms with E-state index in [1.165, 1.54) is 12.8 Å². The summed E-state index contributed by atoms with van der Waals surface area (Å²) in [5, 5.41) is 0. The molecule has 3 aliphatic rings.